The number of carbonyl (C=O) groups is 1. The van der Waals surface area contributed by atoms with Crippen LogP contribution < -0.4 is 0 Å². The zero-order valence-electron chi connectivity index (χ0n) is 10.3. The monoisotopic (exact) mass is 380 g/mol. The first-order valence-electron chi connectivity index (χ1n) is 5.65. The molecule has 0 fully saturated rings. The lowest BCUT2D eigenvalue weighted by molar-refractivity contribution is -0.139. The standard InChI is InChI=1S/C12H8BrF3N2O2S/c13-7-3-1-2-6(4-7)5-8(10(19)20)9-17-18-11(21-9)12(14,15)16/h1-4,8H,5H2,(H,19,20). The minimum absolute atomic E-state index is 0.0429. The highest BCUT2D eigenvalue weighted by molar-refractivity contribution is 9.10. The molecule has 0 bridgehead atoms. The molecular weight excluding hydrogens is 373 g/mol. The number of benzene rings is 1. The summed E-state index contributed by atoms with van der Waals surface area (Å²) >= 11 is 3.51. The summed E-state index contributed by atoms with van der Waals surface area (Å²) in [7, 11) is 0. The number of carboxylic acid groups (broad SMARTS) is 1. The molecule has 1 heterocycles. The lowest BCUT2D eigenvalue weighted by Gasteiger charge is -2.09. The third-order valence-electron chi connectivity index (χ3n) is 2.61. The predicted octanol–water partition coefficient (Wildman–Crippen LogP) is 3.73. The molecule has 0 radical (unpaired) electrons. The van der Waals surface area contributed by atoms with Crippen molar-refractivity contribution in [3.63, 3.8) is 0 Å². The van der Waals surface area contributed by atoms with Crippen LogP contribution in [-0.4, -0.2) is 21.3 Å². The number of nitrogens with zero attached hydrogens (tertiary/aromatic N) is 2. The first kappa shape index (κ1) is 15.9. The lowest BCUT2D eigenvalue weighted by Crippen LogP contribution is -2.14. The van der Waals surface area contributed by atoms with Gasteiger partial charge < -0.3 is 5.11 Å². The summed E-state index contributed by atoms with van der Waals surface area (Å²) in [6.45, 7) is 0. The Kier molecular flexibility index (Phi) is 4.62. The minimum atomic E-state index is -4.62. The second-order valence-electron chi connectivity index (χ2n) is 4.17. The Hall–Kier alpha value is -1.48. The maximum atomic E-state index is 12.5. The van der Waals surface area contributed by atoms with E-state index < -0.39 is 23.1 Å². The number of alkyl halides is 3. The van der Waals surface area contributed by atoms with Crippen molar-refractivity contribution in [1.82, 2.24) is 10.2 Å². The van der Waals surface area contributed by atoms with E-state index in [4.69, 9.17) is 0 Å². The molecule has 112 valence electrons. The first-order valence-corrected chi connectivity index (χ1v) is 7.26. The fourth-order valence-electron chi connectivity index (χ4n) is 1.67. The van der Waals surface area contributed by atoms with Crippen LogP contribution in [0, 0.1) is 0 Å². The highest BCUT2D eigenvalue weighted by Gasteiger charge is 2.37. The molecule has 0 aliphatic rings. The number of hydrogen-bond acceptors (Lipinski definition) is 4. The summed E-state index contributed by atoms with van der Waals surface area (Å²) in [4.78, 5) is 11.3. The summed E-state index contributed by atoms with van der Waals surface area (Å²) in [6, 6.07) is 6.90. The summed E-state index contributed by atoms with van der Waals surface area (Å²) in [5.41, 5.74) is 0.681. The largest absolute Gasteiger partial charge is 0.481 e. The number of aliphatic carboxylic acids is 1. The number of aromatic nitrogens is 2. The van der Waals surface area contributed by atoms with Crippen molar-refractivity contribution in [2.24, 2.45) is 0 Å². The van der Waals surface area contributed by atoms with Crippen LogP contribution in [0.4, 0.5) is 13.2 Å². The smallest absolute Gasteiger partial charge is 0.445 e. The van der Waals surface area contributed by atoms with Gasteiger partial charge in [0, 0.05) is 4.47 Å². The van der Waals surface area contributed by atoms with Gasteiger partial charge in [0.2, 0.25) is 5.01 Å². The summed E-state index contributed by atoms with van der Waals surface area (Å²) in [5, 5.41) is 14.3. The Labute approximate surface area is 129 Å². The van der Waals surface area contributed by atoms with Gasteiger partial charge in [-0.3, -0.25) is 4.79 Å². The van der Waals surface area contributed by atoms with E-state index in [1.165, 1.54) is 0 Å². The minimum Gasteiger partial charge on any atom is -0.481 e. The van der Waals surface area contributed by atoms with Crippen molar-refractivity contribution in [3.8, 4) is 0 Å². The van der Waals surface area contributed by atoms with E-state index in [2.05, 4.69) is 26.1 Å². The molecule has 0 saturated carbocycles. The molecule has 1 N–H and O–H groups in total. The van der Waals surface area contributed by atoms with Crippen molar-refractivity contribution >= 4 is 33.2 Å². The van der Waals surface area contributed by atoms with Crippen LogP contribution in [0.15, 0.2) is 28.7 Å². The Morgan fingerprint density at radius 3 is 2.62 bits per heavy atom. The maximum Gasteiger partial charge on any atom is 0.445 e. The quantitative estimate of drug-likeness (QED) is 0.877. The van der Waals surface area contributed by atoms with Crippen LogP contribution in [0.2, 0.25) is 0 Å². The van der Waals surface area contributed by atoms with Crippen LogP contribution in [0.1, 0.15) is 21.5 Å². The van der Waals surface area contributed by atoms with E-state index in [0.29, 0.717) is 5.56 Å². The van der Waals surface area contributed by atoms with Crippen molar-refractivity contribution in [2.45, 2.75) is 18.5 Å². The fourth-order valence-corrected chi connectivity index (χ4v) is 2.92. The Morgan fingerprint density at radius 2 is 2.10 bits per heavy atom. The van der Waals surface area contributed by atoms with Crippen LogP contribution in [0.25, 0.3) is 0 Å². The molecule has 1 unspecified atom stereocenters. The lowest BCUT2D eigenvalue weighted by atomic mass is 10.0. The van der Waals surface area contributed by atoms with Gasteiger partial charge in [-0.25, -0.2) is 0 Å². The third kappa shape index (κ3) is 4.01. The van der Waals surface area contributed by atoms with Crippen molar-refractivity contribution in [3.05, 3.63) is 44.3 Å². The Bertz CT molecular complexity index is 660. The van der Waals surface area contributed by atoms with E-state index >= 15 is 0 Å². The first-order chi connectivity index (χ1) is 9.77. The van der Waals surface area contributed by atoms with Gasteiger partial charge in [-0.15, -0.1) is 10.2 Å². The Morgan fingerprint density at radius 1 is 1.38 bits per heavy atom. The predicted molar refractivity (Wildman–Crippen MR) is 73.1 cm³/mol. The van der Waals surface area contributed by atoms with E-state index in [0.717, 1.165) is 4.47 Å². The van der Waals surface area contributed by atoms with Gasteiger partial charge in [-0.2, -0.15) is 13.2 Å². The van der Waals surface area contributed by atoms with Gasteiger partial charge in [-0.1, -0.05) is 39.4 Å². The molecule has 0 amide bonds. The molecule has 4 nitrogen and oxygen atoms in total. The molecule has 1 atom stereocenters. The topological polar surface area (TPSA) is 63.1 Å². The molecular formula is C12H8BrF3N2O2S. The summed E-state index contributed by atoms with van der Waals surface area (Å²) < 4.78 is 38.3. The average molecular weight is 381 g/mol. The highest BCUT2D eigenvalue weighted by atomic mass is 79.9. The molecule has 0 aliphatic heterocycles. The number of hydrogen-bond donors (Lipinski definition) is 1. The van der Waals surface area contributed by atoms with Crippen LogP contribution in [0.5, 0.6) is 0 Å². The van der Waals surface area contributed by atoms with Gasteiger partial charge in [-0.05, 0) is 24.1 Å². The molecule has 0 saturated heterocycles. The SMILES string of the molecule is O=C(O)C(Cc1cccc(Br)c1)c1nnc(C(F)(F)F)s1. The van der Waals surface area contributed by atoms with Crippen LogP contribution in [-0.2, 0) is 17.4 Å². The molecule has 9 heteroatoms. The highest BCUT2D eigenvalue weighted by Crippen LogP contribution is 2.34. The van der Waals surface area contributed by atoms with E-state index in [-0.39, 0.29) is 22.8 Å². The van der Waals surface area contributed by atoms with E-state index in [9.17, 15) is 23.1 Å². The normalized spacial score (nSPS) is 13.1. The second-order valence-corrected chi connectivity index (χ2v) is 6.09. The van der Waals surface area contributed by atoms with Gasteiger partial charge in [0.15, 0.2) is 0 Å². The fraction of sp³-hybridized carbons (Fsp3) is 0.250. The molecule has 1 aromatic heterocycles. The van der Waals surface area contributed by atoms with Gasteiger partial charge in [0.1, 0.15) is 10.9 Å². The zero-order chi connectivity index (χ0) is 15.6. The van der Waals surface area contributed by atoms with E-state index in [1.807, 2.05) is 0 Å². The van der Waals surface area contributed by atoms with Gasteiger partial charge in [0.25, 0.3) is 0 Å². The van der Waals surface area contributed by atoms with Crippen molar-refractivity contribution < 1.29 is 23.1 Å². The van der Waals surface area contributed by atoms with Crippen molar-refractivity contribution in [1.29, 1.82) is 0 Å². The molecule has 0 aliphatic carbocycles. The molecule has 2 aromatic rings. The van der Waals surface area contributed by atoms with E-state index in [1.54, 1.807) is 24.3 Å². The van der Waals surface area contributed by atoms with Crippen LogP contribution in [0.3, 0.4) is 0 Å². The van der Waals surface area contributed by atoms with Gasteiger partial charge in [0.05, 0.1) is 0 Å². The summed E-state index contributed by atoms with van der Waals surface area (Å²) in [6.07, 6.45) is -4.57. The Balaban J connectivity index is 2.27. The third-order valence-corrected chi connectivity index (χ3v) is 4.18. The number of carboxylic acids is 1. The maximum absolute atomic E-state index is 12.5. The molecule has 2 rings (SSSR count). The molecule has 0 spiro atoms. The zero-order valence-corrected chi connectivity index (χ0v) is 12.7. The molecule has 1 aromatic carbocycles. The van der Waals surface area contributed by atoms with Gasteiger partial charge >= 0.3 is 12.1 Å². The molecule has 21 heavy (non-hydrogen) atoms. The summed E-state index contributed by atoms with van der Waals surface area (Å²) in [5.74, 6) is -2.40. The van der Waals surface area contributed by atoms with Crippen molar-refractivity contribution in [2.75, 3.05) is 0 Å². The average Bonchev–Trinajstić information content (AvgIpc) is 2.84. The number of rotatable bonds is 4. The number of halogens is 4. The second kappa shape index (κ2) is 6.10. The van der Waals surface area contributed by atoms with Crippen LogP contribution >= 0.6 is 27.3 Å².